The van der Waals surface area contributed by atoms with Gasteiger partial charge < -0.3 is 10.1 Å². The Morgan fingerprint density at radius 1 is 1.42 bits per heavy atom. The summed E-state index contributed by atoms with van der Waals surface area (Å²) in [7, 11) is 2.11. The summed E-state index contributed by atoms with van der Waals surface area (Å²) in [6.45, 7) is 3.19. The van der Waals surface area contributed by atoms with Crippen molar-refractivity contribution in [1.29, 1.82) is 0 Å². The van der Waals surface area contributed by atoms with Crippen molar-refractivity contribution in [2.24, 2.45) is 5.92 Å². The first-order valence-electron chi connectivity index (χ1n) is 7.59. The highest BCUT2D eigenvalue weighted by atomic mass is 32.1. The van der Waals surface area contributed by atoms with Crippen LogP contribution in [0.4, 0.5) is 0 Å². The average molecular weight is 279 g/mol. The molecule has 2 unspecified atom stereocenters. The van der Waals surface area contributed by atoms with Gasteiger partial charge in [-0.3, -0.25) is 0 Å². The van der Waals surface area contributed by atoms with E-state index in [1.54, 1.807) is 0 Å². The van der Waals surface area contributed by atoms with Gasteiger partial charge in [0.15, 0.2) is 0 Å². The lowest BCUT2D eigenvalue weighted by Gasteiger charge is -2.41. The first-order valence-corrected chi connectivity index (χ1v) is 8.47. The predicted octanol–water partition coefficient (Wildman–Crippen LogP) is 4.06. The molecule has 2 heterocycles. The van der Waals surface area contributed by atoms with Gasteiger partial charge in [-0.25, -0.2) is 0 Å². The van der Waals surface area contributed by atoms with Gasteiger partial charge in [0.1, 0.15) is 0 Å². The molecule has 3 rings (SSSR count). The van der Waals surface area contributed by atoms with Gasteiger partial charge in [0.25, 0.3) is 0 Å². The van der Waals surface area contributed by atoms with Gasteiger partial charge in [0.05, 0.1) is 5.60 Å². The van der Waals surface area contributed by atoms with Gasteiger partial charge >= 0.3 is 0 Å². The van der Waals surface area contributed by atoms with Crippen LogP contribution in [0.5, 0.6) is 0 Å². The van der Waals surface area contributed by atoms with Crippen LogP contribution in [-0.4, -0.2) is 19.3 Å². The quantitative estimate of drug-likeness (QED) is 0.901. The molecule has 0 aromatic carbocycles. The van der Waals surface area contributed by atoms with Crippen LogP contribution < -0.4 is 5.32 Å². The second-order valence-corrected chi connectivity index (χ2v) is 7.17. The zero-order valence-electron chi connectivity index (χ0n) is 12.1. The lowest BCUT2D eigenvalue weighted by atomic mass is 9.80. The maximum absolute atomic E-state index is 6.17. The summed E-state index contributed by atoms with van der Waals surface area (Å²) >= 11 is 1.90. The summed E-state index contributed by atoms with van der Waals surface area (Å²) < 4.78 is 6.17. The molecule has 1 aliphatic carbocycles. The van der Waals surface area contributed by atoms with E-state index in [1.165, 1.54) is 49.0 Å². The molecule has 106 valence electrons. The molecular weight excluding hydrogens is 254 g/mol. The van der Waals surface area contributed by atoms with E-state index in [4.69, 9.17) is 4.74 Å². The molecule has 1 aliphatic heterocycles. The smallest absolute Gasteiger partial charge is 0.0686 e. The Balaban J connectivity index is 1.78. The van der Waals surface area contributed by atoms with Crippen LogP contribution in [0.25, 0.3) is 0 Å². The number of aryl methyl sites for hydroxylation is 1. The van der Waals surface area contributed by atoms with Crippen molar-refractivity contribution in [2.45, 2.75) is 57.1 Å². The fraction of sp³-hybridized carbons (Fsp3) is 0.750. The van der Waals surface area contributed by atoms with Crippen LogP contribution in [-0.2, 0) is 4.74 Å². The van der Waals surface area contributed by atoms with E-state index in [9.17, 15) is 0 Å². The summed E-state index contributed by atoms with van der Waals surface area (Å²) in [6.07, 6.45) is 7.72. The highest BCUT2D eigenvalue weighted by molar-refractivity contribution is 7.10. The van der Waals surface area contributed by atoms with E-state index in [1.807, 2.05) is 11.3 Å². The van der Waals surface area contributed by atoms with E-state index in [2.05, 4.69) is 30.7 Å². The third-order valence-corrected chi connectivity index (χ3v) is 6.11. The number of ether oxygens (including phenoxy) is 1. The van der Waals surface area contributed by atoms with Crippen LogP contribution in [0.15, 0.2) is 11.4 Å². The Labute approximate surface area is 120 Å². The number of thiophene rings is 1. The highest BCUT2D eigenvalue weighted by Gasteiger charge is 2.42. The van der Waals surface area contributed by atoms with E-state index in [0.29, 0.717) is 6.04 Å². The number of hydrogen-bond donors (Lipinski definition) is 1. The largest absolute Gasteiger partial charge is 0.375 e. The molecule has 1 aromatic rings. The van der Waals surface area contributed by atoms with Crippen molar-refractivity contribution < 1.29 is 4.74 Å². The predicted molar refractivity (Wildman–Crippen MR) is 80.7 cm³/mol. The molecule has 2 aliphatic rings. The number of hydrogen-bond acceptors (Lipinski definition) is 3. The third-order valence-electron chi connectivity index (χ3n) is 5.01. The first kappa shape index (κ1) is 13.6. The van der Waals surface area contributed by atoms with Crippen LogP contribution in [0.3, 0.4) is 0 Å². The second-order valence-electron chi connectivity index (χ2n) is 6.23. The van der Waals surface area contributed by atoms with Gasteiger partial charge in [0, 0.05) is 17.5 Å². The lowest BCUT2D eigenvalue weighted by molar-refractivity contribution is -0.0977. The molecule has 0 amide bonds. The van der Waals surface area contributed by atoms with Crippen molar-refractivity contribution in [1.82, 2.24) is 5.32 Å². The van der Waals surface area contributed by atoms with E-state index in [0.717, 1.165) is 12.5 Å². The average Bonchev–Trinajstić information content (AvgIpc) is 3.02. The molecule has 19 heavy (non-hydrogen) atoms. The van der Waals surface area contributed by atoms with Crippen molar-refractivity contribution in [3.05, 3.63) is 21.9 Å². The zero-order chi connectivity index (χ0) is 13.3. The van der Waals surface area contributed by atoms with Crippen LogP contribution >= 0.6 is 11.3 Å². The standard InChI is InChI=1S/C16H25NOS/c1-12-6-10-19-15(12)14(17-2)13-5-9-18-16(11-13)7-3-4-8-16/h6,10,13-14,17H,3-5,7-9,11H2,1-2H3. The Bertz CT molecular complexity index is 422. The molecule has 2 atom stereocenters. The molecule has 0 bridgehead atoms. The fourth-order valence-corrected chi connectivity index (χ4v) is 5.13. The van der Waals surface area contributed by atoms with Gasteiger partial charge in [0.2, 0.25) is 0 Å². The Kier molecular flexibility index (Phi) is 3.97. The van der Waals surface area contributed by atoms with Crippen molar-refractivity contribution in [3.63, 3.8) is 0 Å². The van der Waals surface area contributed by atoms with Crippen LogP contribution in [0.1, 0.15) is 55.0 Å². The molecule has 1 N–H and O–H groups in total. The first-order chi connectivity index (χ1) is 9.24. The Morgan fingerprint density at radius 2 is 2.21 bits per heavy atom. The summed E-state index contributed by atoms with van der Waals surface area (Å²) in [5.74, 6) is 0.731. The van der Waals surface area contributed by atoms with Gasteiger partial charge in [-0.1, -0.05) is 12.8 Å². The molecule has 0 radical (unpaired) electrons. The lowest BCUT2D eigenvalue weighted by Crippen LogP contribution is -2.41. The summed E-state index contributed by atoms with van der Waals surface area (Å²) in [5, 5.41) is 5.80. The summed E-state index contributed by atoms with van der Waals surface area (Å²) in [4.78, 5) is 1.53. The molecule has 3 heteroatoms. The minimum atomic E-state index is 0.225. The molecule has 1 spiro atoms. The topological polar surface area (TPSA) is 21.3 Å². The normalized spacial score (nSPS) is 27.8. The van der Waals surface area contributed by atoms with Gasteiger partial charge in [-0.2, -0.15) is 0 Å². The van der Waals surface area contributed by atoms with Gasteiger partial charge in [-0.05, 0) is 62.6 Å². The van der Waals surface area contributed by atoms with Crippen LogP contribution in [0, 0.1) is 12.8 Å². The highest BCUT2D eigenvalue weighted by Crippen LogP contribution is 2.46. The minimum absolute atomic E-state index is 0.225. The summed E-state index contributed by atoms with van der Waals surface area (Å²) in [6, 6.07) is 2.76. The van der Waals surface area contributed by atoms with Crippen molar-refractivity contribution in [2.75, 3.05) is 13.7 Å². The van der Waals surface area contributed by atoms with E-state index in [-0.39, 0.29) is 5.60 Å². The SMILES string of the molecule is CNC(c1sccc1C)C1CCOC2(CCCC2)C1. The van der Waals surface area contributed by atoms with E-state index >= 15 is 0 Å². The fourth-order valence-electron chi connectivity index (χ4n) is 4.00. The van der Waals surface area contributed by atoms with Crippen molar-refractivity contribution >= 4 is 11.3 Å². The van der Waals surface area contributed by atoms with E-state index < -0.39 is 0 Å². The maximum atomic E-state index is 6.17. The molecule has 1 saturated carbocycles. The molecule has 2 nitrogen and oxygen atoms in total. The van der Waals surface area contributed by atoms with Gasteiger partial charge in [-0.15, -0.1) is 11.3 Å². The maximum Gasteiger partial charge on any atom is 0.0686 e. The summed E-state index contributed by atoms with van der Waals surface area (Å²) in [5.41, 5.74) is 1.67. The second kappa shape index (κ2) is 5.55. The number of nitrogens with one attached hydrogen (secondary N) is 1. The van der Waals surface area contributed by atoms with Crippen molar-refractivity contribution in [3.8, 4) is 0 Å². The number of rotatable bonds is 3. The molecule has 2 fully saturated rings. The molecular formula is C16H25NOS. The zero-order valence-corrected chi connectivity index (χ0v) is 12.9. The Morgan fingerprint density at radius 3 is 2.84 bits per heavy atom. The Hall–Kier alpha value is -0.380. The minimum Gasteiger partial charge on any atom is -0.375 e. The van der Waals surface area contributed by atoms with Crippen LogP contribution in [0.2, 0.25) is 0 Å². The molecule has 1 aromatic heterocycles. The monoisotopic (exact) mass is 279 g/mol. The third kappa shape index (κ3) is 2.61. The molecule has 1 saturated heterocycles.